The second kappa shape index (κ2) is 5.27. The van der Waals surface area contributed by atoms with Crippen molar-refractivity contribution in [1.29, 1.82) is 0 Å². The summed E-state index contributed by atoms with van der Waals surface area (Å²) in [6.45, 7) is 1.26. The van der Waals surface area contributed by atoms with Crippen LogP contribution in [0.1, 0.15) is 17.3 Å². The summed E-state index contributed by atoms with van der Waals surface area (Å²) in [6, 6.07) is 6.18. The molecule has 0 heterocycles. The Labute approximate surface area is 96.7 Å². The number of Topliss-reactive ketones (excluding diaryl/α,β-unsaturated/α-hetero) is 1. The molecule has 0 atom stereocenters. The maximum absolute atomic E-state index is 10.8. The van der Waals surface area contributed by atoms with Gasteiger partial charge < -0.3 is 5.11 Å². The molecular formula is C10H9ClN2O3. The van der Waals surface area contributed by atoms with Crippen molar-refractivity contribution >= 4 is 34.2 Å². The quantitative estimate of drug-likeness (QED) is 0.623. The SMILES string of the molecule is CC(=O)C(Cl)=NNc1ccccc1C(=O)O. The summed E-state index contributed by atoms with van der Waals surface area (Å²) in [5.41, 5.74) is 2.76. The van der Waals surface area contributed by atoms with Crippen LogP contribution in [0.25, 0.3) is 0 Å². The number of benzene rings is 1. The van der Waals surface area contributed by atoms with Gasteiger partial charge in [-0.25, -0.2) is 4.79 Å². The van der Waals surface area contributed by atoms with E-state index in [1.54, 1.807) is 12.1 Å². The molecule has 0 saturated heterocycles. The third-order valence-corrected chi connectivity index (χ3v) is 2.07. The number of halogens is 1. The summed E-state index contributed by atoms with van der Waals surface area (Å²) in [5, 5.41) is 12.2. The minimum Gasteiger partial charge on any atom is -0.478 e. The fraction of sp³-hybridized carbons (Fsp3) is 0.100. The van der Waals surface area contributed by atoms with Crippen molar-refractivity contribution in [2.24, 2.45) is 5.10 Å². The molecule has 0 aromatic heterocycles. The molecule has 0 amide bonds. The Hall–Kier alpha value is -1.88. The third kappa shape index (κ3) is 3.06. The zero-order valence-corrected chi connectivity index (χ0v) is 9.15. The summed E-state index contributed by atoms with van der Waals surface area (Å²) in [7, 11) is 0. The summed E-state index contributed by atoms with van der Waals surface area (Å²) in [4.78, 5) is 21.6. The highest BCUT2D eigenvalue weighted by molar-refractivity contribution is 6.82. The second-order valence-electron chi connectivity index (χ2n) is 2.92. The van der Waals surface area contributed by atoms with Crippen LogP contribution >= 0.6 is 11.6 Å². The van der Waals surface area contributed by atoms with Crippen LogP contribution in [0.2, 0.25) is 0 Å². The van der Waals surface area contributed by atoms with Gasteiger partial charge in [-0.1, -0.05) is 23.7 Å². The van der Waals surface area contributed by atoms with Crippen LogP contribution in [0.15, 0.2) is 29.4 Å². The molecule has 16 heavy (non-hydrogen) atoms. The van der Waals surface area contributed by atoms with Crippen LogP contribution in [0.5, 0.6) is 0 Å². The second-order valence-corrected chi connectivity index (χ2v) is 3.28. The van der Waals surface area contributed by atoms with Gasteiger partial charge in [-0.3, -0.25) is 10.2 Å². The lowest BCUT2D eigenvalue weighted by atomic mass is 10.2. The van der Waals surface area contributed by atoms with Gasteiger partial charge in [0.25, 0.3) is 0 Å². The molecule has 2 N–H and O–H groups in total. The Morgan fingerprint density at radius 3 is 2.56 bits per heavy atom. The number of hydrogen-bond donors (Lipinski definition) is 2. The molecule has 0 aliphatic carbocycles. The van der Waals surface area contributed by atoms with E-state index in [9.17, 15) is 9.59 Å². The maximum atomic E-state index is 10.8. The highest BCUT2D eigenvalue weighted by Crippen LogP contribution is 2.14. The standard InChI is InChI=1S/C10H9ClN2O3/c1-6(14)9(11)13-12-8-5-3-2-4-7(8)10(15)16/h2-5,12H,1H3,(H,15,16). The molecule has 1 aromatic carbocycles. The van der Waals surface area contributed by atoms with Crippen molar-refractivity contribution in [2.75, 3.05) is 5.43 Å². The Bertz CT molecular complexity index is 457. The van der Waals surface area contributed by atoms with E-state index in [0.29, 0.717) is 0 Å². The lowest BCUT2D eigenvalue weighted by molar-refractivity contribution is -0.110. The predicted molar refractivity (Wildman–Crippen MR) is 61.0 cm³/mol. The van der Waals surface area contributed by atoms with Crippen LogP contribution in [-0.4, -0.2) is 22.0 Å². The highest BCUT2D eigenvalue weighted by atomic mass is 35.5. The molecule has 0 aliphatic heterocycles. The van der Waals surface area contributed by atoms with Gasteiger partial charge in [0.15, 0.2) is 11.0 Å². The largest absolute Gasteiger partial charge is 0.478 e. The highest BCUT2D eigenvalue weighted by Gasteiger charge is 2.08. The van der Waals surface area contributed by atoms with E-state index in [2.05, 4.69) is 10.5 Å². The number of carbonyl (C=O) groups is 2. The molecule has 0 saturated carbocycles. The zero-order chi connectivity index (χ0) is 12.1. The van der Waals surface area contributed by atoms with Crippen molar-refractivity contribution in [3.05, 3.63) is 29.8 Å². The molecule has 1 aromatic rings. The molecule has 84 valence electrons. The molecular weight excluding hydrogens is 232 g/mol. The van der Waals surface area contributed by atoms with Gasteiger partial charge in [0.2, 0.25) is 0 Å². The van der Waals surface area contributed by atoms with E-state index >= 15 is 0 Å². The van der Waals surface area contributed by atoms with E-state index in [1.807, 2.05) is 0 Å². The molecule has 6 heteroatoms. The molecule has 5 nitrogen and oxygen atoms in total. The van der Waals surface area contributed by atoms with Gasteiger partial charge in [0.05, 0.1) is 11.3 Å². The molecule has 0 radical (unpaired) electrons. The molecule has 1 rings (SSSR count). The van der Waals surface area contributed by atoms with E-state index in [0.717, 1.165) is 0 Å². The monoisotopic (exact) mass is 240 g/mol. The number of carboxylic acids is 1. The van der Waals surface area contributed by atoms with E-state index in [4.69, 9.17) is 16.7 Å². The Balaban J connectivity index is 2.94. The molecule has 0 aliphatic rings. The first kappa shape index (κ1) is 12.2. The van der Waals surface area contributed by atoms with Gasteiger partial charge in [-0.05, 0) is 12.1 Å². The molecule has 0 spiro atoms. The van der Waals surface area contributed by atoms with E-state index in [-0.39, 0.29) is 16.4 Å². The first-order valence-corrected chi connectivity index (χ1v) is 4.72. The van der Waals surface area contributed by atoms with Crippen molar-refractivity contribution in [1.82, 2.24) is 0 Å². The summed E-state index contributed by atoms with van der Waals surface area (Å²) < 4.78 is 0. The topological polar surface area (TPSA) is 78.8 Å². The minimum atomic E-state index is -1.09. The van der Waals surface area contributed by atoms with E-state index in [1.165, 1.54) is 19.1 Å². The minimum absolute atomic E-state index is 0.0549. The van der Waals surface area contributed by atoms with Crippen LogP contribution in [0.4, 0.5) is 5.69 Å². The van der Waals surface area contributed by atoms with Crippen LogP contribution < -0.4 is 5.43 Å². The fourth-order valence-corrected chi connectivity index (χ4v) is 0.997. The molecule has 0 fully saturated rings. The molecule has 0 unspecified atom stereocenters. The summed E-state index contributed by atoms with van der Waals surface area (Å²) in [5.74, 6) is -1.49. The number of nitrogens with one attached hydrogen (secondary N) is 1. The molecule has 0 bridgehead atoms. The van der Waals surface area contributed by atoms with Crippen LogP contribution in [0.3, 0.4) is 0 Å². The first-order chi connectivity index (χ1) is 7.52. The summed E-state index contributed by atoms with van der Waals surface area (Å²) >= 11 is 5.49. The average Bonchev–Trinajstić information content (AvgIpc) is 2.25. The number of para-hydroxylation sites is 1. The number of carbonyl (C=O) groups excluding carboxylic acids is 1. The number of rotatable bonds is 4. The third-order valence-electron chi connectivity index (χ3n) is 1.72. The van der Waals surface area contributed by atoms with Crippen LogP contribution in [-0.2, 0) is 4.79 Å². The van der Waals surface area contributed by atoms with Gasteiger partial charge in [-0.2, -0.15) is 5.10 Å². The summed E-state index contributed by atoms with van der Waals surface area (Å²) in [6.07, 6.45) is 0. The van der Waals surface area contributed by atoms with Gasteiger partial charge >= 0.3 is 5.97 Å². The van der Waals surface area contributed by atoms with Crippen molar-refractivity contribution in [2.45, 2.75) is 6.92 Å². The van der Waals surface area contributed by atoms with Crippen LogP contribution in [0, 0.1) is 0 Å². The Morgan fingerprint density at radius 1 is 1.38 bits per heavy atom. The number of carboxylic acid groups (broad SMARTS) is 1. The van der Waals surface area contributed by atoms with Crippen molar-refractivity contribution in [3.8, 4) is 0 Å². The first-order valence-electron chi connectivity index (χ1n) is 4.35. The van der Waals surface area contributed by atoms with Crippen molar-refractivity contribution in [3.63, 3.8) is 0 Å². The average molecular weight is 241 g/mol. The van der Waals surface area contributed by atoms with Gasteiger partial charge in [-0.15, -0.1) is 0 Å². The Morgan fingerprint density at radius 2 is 2.00 bits per heavy atom. The normalized spacial score (nSPS) is 11.0. The number of hydrogen-bond acceptors (Lipinski definition) is 4. The maximum Gasteiger partial charge on any atom is 0.337 e. The lowest BCUT2D eigenvalue weighted by Gasteiger charge is -2.04. The van der Waals surface area contributed by atoms with Crippen molar-refractivity contribution < 1.29 is 14.7 Å². The number of nitrogens with zero attached hydrogens (tertiary/aromatic N) is 1. The number of ketones is 1. The lowest BCUT2D eigenvalue weighted by Crippen LogP contribution is -2.07. The number of anilines is 1. The number of hydrazone groups is 1. The fourth-order valence-electron chi connectivity index (χ4n) is 0.955. The van der Waals surface area contributed by atoms with E-state index < -0.39 is 11.8 Å². The number of aromatic carboxylic acids is 1. The Kier molecular flexibility index (Phi) is 4.02. The predicted octanol–water partition coefficient (Wildman–Crippen LogP) is 1.94. The zero-order valence-electron chi connectivity index (χ0n) is 8.40. The van der Waals surface area contributed by atoms with Gasteiger partial charge in [0.1, 0.15) is 0 Å². The van der Waals surface area contributed by atoms with Gasteiger partial charge in [0, 0.05) is 6.92 Å². The smallest absolute Gasteiger partial charge is 0.337 e.